The first-order chi connectivity index (χ1) is 40.0. The van der Waals surface area contributed by atoms with E-state index in [1.54, 1.807) is 0 Å². The van der Waals surface area contributed by atoms with Crippen LogP contribution < -0.4 is 0 Å². The first-order valence-corrected chi connectivity index (χ1v) is 33.0. The van der Waals surface area contributed by atoms with Gasteiger partial charge in [0.15, 0.2) is 6.10 Å². The van der Waals surface area contributed by atoms with Crippen LogP contribution in [0, 0.1) is 0 Å². The molecule has 0 aromatic rings. The molecule has 1 atom stereocenters. The van der Waals surface area contributed by atoms with Crippen molar-refractivity contribution in [2.24, 2.45) is 0 Å². The number of allylic oxidation sites excluding steroid dienone is 26. The molecule has 0 amide bonds. The van der Waals surface area contributed by atoms with Gasteiger partial charge in [-0.1, -0.05) is 269 Å². The predicted molar refractivity (Wildman–Crippen MR) is 352 cm³/mol. The van der Waals surface area contributed by atoms with Gasteiger partial charge in [-0.25, -0.2) is 0 Å². The van der Waals surface area contributed by atoms with Gasteiger partial charge in [0, 0.05) is 19.3 Å². The Balaban J connectivity index is 4.50. The first-order valence-electron chi connectivity index (χ1n) is 33.0. The molecule has 0 fully saturated rings. The average molecular weight is 1120 g/mol. The van der Waals surface area contributed by atoms with Gasteiger partial charge in [-0.2, -0.15) is 0 Å². The lowest BCUT2D eigenvalue weighted by molar-refractivity contribution is -0.167. The number of hydrogen-bond donors (Lipinski definition) is 0. The molecule has 81 heavy (non-hydrogen) atoms. The smallest absolute Gasteiger partial charge is 0.306 e. The van der Waals surface area contributed by atoms with Crippen LogP contribution in [0.2, 0.25) is 0 Å². The lowest BCUT2D eigenvalue weighted by atomic mass is 10.1. The first kappa shape index (κ1) is 76.0. The Hall–Kier alpha value is -4.97. The minimum Gasteiger partial charge on any atom is -0.462 e. The molecule has 0 rings (SSSR count). The molecular weight excluding hydrogens is 997 g/mol. The average Bonchev–Trinajstić information content (AvgIpc) is 3.47. The second kappa shape index (κ2) is 67.5. The number of rotatable bonds is 58. The van der Waals surface area contributed by atoms with Gasteiger partial charge >= 0.3 is 17.9 Å². The molecule has 0 heterocycles. The van der Waals surface area contributed by atoms with E-state index in [1.165, 1.54) is 103 Å². The number of hydrogen-bond acceptors (Lipinski definition) is 6. The highest BCUT2D eigenvalue weighted by molar-refractivity contribution is 5.71. The summed E-state index contributed by atoms with van der Waals surface area (Å²) in [6, 6.07) is 0. The quantitative estimate of drug-likeness (QED) is 0.0261. The summed E-state index contributed by atoms with van der Waals surface area (Å²) in [7, 11) is 0. The number of esters is 3. The van der Waals surface area contributed by atoms with Gasteiger partial charge < -0.3 is 14.2 Å². The van der Waals surface area contributed by atoms with Crippen molar-refractivity contribution < 1.29 is 28.6 Å². The Morgan fingerprint density at radius 3 is 0.802 bits per heavy atom. The van der Waals surface area contributed by atoms with E-state index in [0.717, 1.165) is 128 Å². The lowest BCUT2D eigenvalue weighted by Crippen LogP contribution is -2.30. The van der Waals surface area contributed by atoms with Crippen molar-refractivity contribution in [2.45, 2.75) is 284 Å². The largest absolute Gasteiger partial charge is 0.462 e. The van der Waals surface area contributed by atoms with Crippen molar-refractivity contribution in [3.63, 3.8) is 0 Å². The zero-order chi connectivity index (χ0) is 58.5. The Morgan fingerprint density at radius 2 is 0.494 bits per heavy atom. The van der Waals surface area contributed by atoms with Crippen molar-refractivity contribution in [2.75, 3.05) is 13.2 Å². The van der Waals surface area contributed by atoms with Crippen LogP contribution in [-0.4, -0.2) is 37.2 Å². The normalized spacial score (nSPS) is 13.2. The van der Waals surface area contributed by atoms with E-state index in [-0.39, 0.29) is 37.5 Å². The fourth-order valence-electron chi connectivity index (χ4n) is 8.56. The maximum atomic E-state index is 12.9. The molecular formula is C75H120O6. The minimum atomic E-state index is -0.818. The number of carbonyl (C=O) groups is 3. The molecule has 456 valence electrons. The predicted octanol–water partition coefficient (Wildman–Crippen LogP) is 22.9. The molecule has 0 bridgehead atoms. The zero-order valence-corrected chi connectivity index (χ0v) is 52.2. The lowest BCUT2D eigenvalue weighted by Gasteiger charge is -2.18. The Kier molecular flexibility index (Phi) is 63.4. The SMILES string of the molecule is CC/C=C\C/C=C\C/C=C\C/C=C\C/C=C\C/C=C\C/C=C\C/C=C\C/C=C\CCCC(=O)OCC(COC(=O)CCCCCCCCC/C=C\C/C=C\CCCCC)OC(=O)CCCCCCCCC/C=C\C/C=C\CCCCC. The Morgan fingerprint density at radius 1 is 0.259 bits per heavy atom. The van der Waals surface area contributed by atoms with Crippen LogP contribution in [0.25, 0.3) is 0 Å². The van der Waals surface area contributed by atoms with Crippen LogP contribution in [-0.2, 0) is 28.6 Å². The van der Waals surface area contributed by atoms with Crippen LogP contribution in [0.1, 0.15) is 278 Å². The summed E-state index contributed by atoms with van der Waals surface area (Å²) < 4.78 is 16.9. The van der Waals surface area contributed by atoms with Gasteiger partial charge in [0.2, 0.25) is 0 Å². The Labute approximate surface area is 499 Å². The number of ether oxygens (including phenoxy) is 3. The van der Waals surface area contributed by atoms with Gasteiger partial charge in [0.05, 0.1) is 0 Å². The number of carbonyl (C=O) groups excluding carboxylic acids is 3. The topological polar surface area (TPSA) is 78.9 Å². The highest BCUT2D eigenvalue weighted by Gasteiger charge is 2.19. The summed E-state index contributed by atoms with van der Waals surface area (Å²) >= 11 is 0. The fourth-order valence-corrected chi connectivity index (χ4v) is 8.56. The van der Waals surface area contributed by atoms with Gasteiger partial charge in [0.1, 0.15) is 13.2 Å². The van der Waals surface area contributed by atoms with Crippen molar-refractivity contribution >= 4 is 17.9 Å². The van der Waals surface area contributed by atoms with E-state index in [0.29, 0.717) is 19.3 Å². The van der Waals surface area contributed by atoms with E-state index in [2.05, 4.69) is 179 Å². The van der Waals surface area contributed by atoms with Gasteiger partial charge in [-0.15, -0.1) is 0 Å². The molecule has 1 unspecified atom stereocenters. The summed E-state index contributed by atoms with van der Waals surface area (Å²) in [6.45, 7) is 6.42. The summed E-state index contributed by atoms with van der Waals surface area (Å²) in [5.41, 5.74) is 0. The molecule has 0 aliphatic heterocycles. The standard InChI is InChI=1S/C75H120O6/c1-4-7-10-13-16-19-22-25-28-31-32-33-34-35-36-37-38-39-40-41-42-45-47-50-53-56-59-62-65-68-74(77)80-71-72(81-75(78)69-66-63-60-57-54-51-48-44-30-27-24-21-18-15-12-9-6-3)70-79-73(76)67-64-61-58-55-52-49-46-43-29-26-23-20-17-14-11-8-5-2/h7,10,16-21,25-30,32-33,35-36,38-39,41-42,47,50,56,59,72H,4-6,8-9,11-15,22-24,31,34,37,40,43-46,48-49,51-55,57-58,60-71H2,1-3H3/b10-7-,19-16-,20-17-,21-18-,28-25-,29-26-,30-27-,33-32-,36-35-,39-38-,42-41-,50-47-,59-56-. The van der Waals surface area contributed by atoms with E-state index in [9.17, 15) is 14.4 Å². The molecule has 0 radical (unpaired) electrons. The highest BCUT2D eigenvalue weighted by Crippen LogP contribution is 2.14. The van der Waals surface area contributed by atoms with E-state index < -0.39 is 6.10 Å². The second-order valence-electron chi connectivity index (χ2n) is 21.3. The molecule has 0 N–H and O–H groups in total. The molecule has 0 saturated carbocycles. The summed E-state index contributed by atoms with van der Waals surface area (Å²) in [4.78, 5) is 38.3. The molecule has 0 aromatic carbocycles. The molecule has 6 heteroatoms. The van der Waals surface area contributed by atoms with Gasteiger partial charge in [-0.05, 0) is 148 Å². The highest BCUT2D eigenvalue weighted by atomic mass is 16.6. The minimum absolute atomic E-state index is 0.109. The Bertz CT molecular complexity index is 1810. The van der Waals surface area contributed by atoms with Crippen molar-refractivity contribution in [1.82, 2.24) is 0 Å². The zero-order valence-electron chi connectivity index (χ0n) is 52.2. The van der Waals surface area contributed by atoms with Crippen molar-refractivity contribution in [3.8, 4) is 0 Å². The van der Waals surface area contributed by atoms with E-state index in [4.69, 9.17) is 14.2 Å². The third-order valence-electron chi connectivity index (χ3n) is 13.5. The van der Waals surface area contributed by atoms with Crippen LogP contribution in [0.15, 0.2) is 158 Å². The van der Waals surface area contributed by atoms with Crippen molar-refractivity contribution in [3.05, 3.63) is 158 Å². The molecule has 6 nitrogen and oxygen atoms in total. The fraction of sp³-hybridized carbons (Fsp3) is 0.613. The second-order valence-corrected chi connectivity index (χ2v) is 21.3. The third-order valence-corrected chi connectivity index (χ3v) is 13.5. The third kappa shape index (κ3) is 65.7. The van der Waals surface area contributed by atoms with Crippen LogP contribution >= 0.6 is 0 Å². The molecule has 0 spiro atoms. The summed E-state index contributed by atoms with van der Waals surface area (Å²) in [6.07, 6.45) is 98.2. The van der Waals surface area contributed by atoms with E-state index in [1.807, 2.05) is 0 Å². The van der Waals surface area contributed by atoms with Crippen LogP contribution in [0.3, 0.4) is 0 Å². The van der Waals surface area contributed by atoms with Gasteiger partial charge in [-0.3, -0.25) is 14.4 Å². The van der Waals surface area contributed by atoms with Gasteiger partial charge in [0.25, 0.3) is 0 Å². The maximum absolute atomic E-state index is 12.9. The molecule has 0 aliphatic carbocycles. The molecule has 0 aromatic heterocycles. The van der Waals surface area contributed by atoms with Crippen molar-refractivity contribution in [1.29, 1.82) is 0 Å². The maximum Gasteiger partial charge on any atom is 0.306 e. The monoisotopic (exact) mass is 1120 g/mol. The molecule has 0 aliphatic rings. The summed E-state index contributed by atoms with van der Waals surface area (Å²) in [5.74, 6) is -0.987. The van der Waals surface area contributed by atoms with Crippen LogP contribution in [0.4, 0.5) is 0 Å². The summed E-state index contributed by atoms with van der Waals surface area (Å²) in [5, 5.41) is 0. The van der Waals surface area contributed by atoms with E-state index >= 15 is 0 Å². The van der Waals surface area contributed by atoms with Crippen LogP contribution in [0.5, 0.6) is 0 Å². The number of unbranched alkanes of at least 4 members (excludes halogenated alkanes) is 21. The molecule has 0 saturated heterocycles.